The third-order valence-electron chi connectivity index (χ3n) is 3.63. The second-order valence-corrected chi connectivity index (χ2v) is 6.04. The number of rotatable bonds is 3. The van der Waals surface area contributed by atoms with Gasteiger partial charge in [-0.15, -0.1) is 11.3 Å². The lowest BCUT2D eigenvalue weighted by molar-refractivity contribution is -0.136. The van der Waals surface area contributed by atoms with Gasteiger partial charge in [-0.05, 0) is 44.6 Å². The average molecular weight is 280 g/mol. The SMILES string of the molecule is CC1CCCC(C)N1C(=O)CNC(=O)c1cccs1. The second-order valence-electron chi connectivity index (χ2n) is 5.09. The van der Waals surface area contributed by atoms with E-state index in [2.05, 4.69) is 19.2 Å². The van der Waals surface area contributed by atoms with Crippen molar-refractivity contribution in [3.63, 3.8) is 0 Å². The van der Waals surface area contributed by atoms with Crippen LogP contribution in [-0.4, -0.2) is 35.3 Å². The smallest absolute Gasteiger partial charge is 0.261 e. The quantitative estimate of drug-likeness (QED) is 0.923. The van der Waals surface area contributed by atoms with E-state index in [9.17, 15) is 9.59 Å². The van der Waals surface area contributed by atoms with Gasteiger partial charge in [-0.2, -0.15) is 0 Å². The number of hydrogen-bond acceptors (Lipinski definition) is 3. The van der Waals surface area contributed by atoms with Crippen LogP contribution in [0.4, 0.5) is 0 Å². The van der Waals surface area contributed by atoms with Crippen LogP contribution in [0.25, 0.3) is 0 Å². The molecule has 104 valence electrons. The van der Waals surface area contributed by atoms with Gasteiger partial charge in [0.15, 0.2) is 0 Å². The maximum atomic E-state index is 12.2. The Balaban J connectivity index is 1.88. The van der Waals surface area contributed by atoms with Gasteiger partial charge in [0.25, 0.3) is 5.91 Å². The van der Waals surface area contributed by atoms with Crippen LogP contribution in [-0.2, 0) is 4.79 Å². The van der Waals surface area contributed by atoms with Crippen molar-refractivity contribution in [1.29, 1.82) is 0 Å². The first-order valence-corrected chi connectivity index (χ1v) is 7.60. The topological polar surface area (TPSA) is 49.4 Å². The summed E-state index contributed by atoms with van der Waals surface area (Å²) in [4.78, 5) is 26.6. The van der Waals surface area contributed by atoms with Crippen LogP contribution in [0.3, 0.4) is 0 Å². The predicted molar refractivity (Wildman–Crippen MR) is 76.3 cm³/mol. The summed E-state index contributed by atoms with van der Waals surface area (Å²) in [5, 5.41) is 4.56. The van der Waals surface area contributed by atoms with E-state index in [0.717, 1.165) is 12.8 Å². The lowest BCUT2D eigenvalue weighted by atomic mass is 9.97. The minimum absolute atomic E-state index is 0.0182. The molecular weight excluding hydrogens is 260 g/mol. The molecule has 2 unspecified atom stereocenters. The highest BCUT2D eigenvalue weighted by Crippen LogP contribution is 2.22. The lowest BCUT2D eigenvalue weighted by Crippen LogP contribution is -2.51. The van der Waals surface area contributed by atoms with Gasteiger partial charge in [0.05, 0.1) is 11.4 Å². The van der Waals surface area contributed by atoms with Crippen LogP contribution in [0, 0.1) is 0 Å². The Bertz CT molecular complexity index is 434. The van der Waals surface area contributed by atoms with E-state index in [0.29, 0.717) is 4.88 Å². The molecule has 0 aliphatic carbocycles. The third kappa shape index (κ3) is 3.35. The predicted octanol–water partition coefficient (Wildman–Crippen LogP) is 2.27. The number of carbonyl (C=O) groups excluding carboxylic acids is 2. The van der Waals surface area contributed by atoms with E-state index in [-0.39, 0.29) is 30.4 Å². The van der Waals surface area contributed by atoms with Crippen LogP contribution in [0.2, 0.25) is 0 Å². The zero-order valence-corrected chi connectivity index (χ0v) is 12.2. The van der Waals surface area contributed by atoms with Crippen LogP contribution >= 0.6 is 11.3 Å². The lowest BCUT2D eigenvalue weighted by Gasteiger charge is -2.39. The number of likely N-dealkylation sites (tertiary alicyclic amines) is 1. The summed E-state index contributed by atoms with van der Waals surface area (Å²) in [6, 6.07) is 4.14. The molecule has 19 heavy (non-hydrogen) atoms. The minimum Gasteiger partial charge on any atom is -0.342 e. The van der Waals surface area contributed by atoms with E-state index in [1.54, 1.807) is 6.07 Å². The number of amides is 2. The molecule has 1 aromatic rings. The largest absolute Gasteiger partial charge is 0.342 e. The second kappa shape index (κ2) is 6.19. The molecule has 2 heterocycles. The third-order valence-corrected chi connectivity index (χ3v) is 4.50. The fourth-order valence-electron chi connectivity index (χ4n) is 2.65. The van der Waals surface area contributed by atoms with Crippen LogP contribution in [0.15, 0.2) is 17.5 Å². The maximum Gasteiger partial charge on any atom is 0.261 e. The standard InChI is InChI=1S/C14H20N2O2S/c1-10-5-3-6-11(2)16(10)13(17)9-15-14(18)12-7-4-8-19-12/h4,7-8,10-11H,3,5-6,9H2,1-2H3,(H,15,18). The Kier molecular flexibility index (Phi) is 4.58. The van der Waals surface area contributed by atoms with Crippen LogP contribution < -0.4 is 5.32 Å². The number of thiophene rings is 1. The fourth-order valence-corrected chi connectivity index (χ4v) is 3.30. The average Bonchev–Trinajstić information content (AvgIpc) is 2.89. The van der Waals surface area contributed by atoms with Crippen LogP contribution in [0.1, 0.15) is 42.8 Å². The van der Waals surface area contributed by atoms with Crippen molar-refractivity contribution in [2.24, 2.45) is 0 Å². The fraction of sp³-hybridized carbons (Fsp3) is 0.571. The normalized spacial score (nSPS) is 23.2. The van der Waals surface area contributed by atoms with Gasteiger partial charge in [-0.25, -0.2) is 0 Å². The first-order chi connectivity index (χ1) is 9.09. The number of nitrogens with zero attached hydrogens (tertiary/aromatic N) is 1. The zero-order chi connectivity index (χ0) is 13.8. The first kappa shape index (κ1) is 14.1. The maximum absolute atomic E-state index is 12.2. The molecule has 1 aromatic heterocycles. The Morgan fingerprint density at radius 2 is 2.05 bits per heavy atom. The summed E-state index contributed by atoms with van der Waals surface area (Å²) < 4.78 is 0. The summed E-state index contributed by atoms with van der Waals surface area (Å²) >= 11 is 1.38. The van der Waals surface area contributed by atoms with Crippen molar-refractivity contribution in [3.8, 4) is 0 Å². The molecule has 5 heteroatoms. The van der Waals surface area contributed by atoms with Crippen molar-refractivity contribution in [2.75, 3.05) is 6.54 Å². The Morgan fingerprint density at radius 1 is 1.37 bits per heavy atom. The zero-order valence-electron chi connectivity index (χ0n) is 11.4. The molecule has 1 saturated heterocycles. The van der Waals surface area contributed by atoms with Gasteiger partial charge in [-0.1, -0.05) is 6.07 Å². The monoisotopic (exact) mass is 280 g/mol. The Labute approximate surface area is 117 Å². The van der Waals surface area contributed by atoms with Crippen molar-refractivity contribution in [3.05, 3.63) is 22.4 Å². The summed E-state index contributed by atoms with van der Waals surface area (Å²) in [6.07, 6.45) is 3.28. The van der Waals surface area contributed by atoms with Crippen LogP contribution in [0.5, 0.6) is 0 Å². The van der Waals surface area contributed by atoms with E-state index >= 15 is 0 Å². The molecule has 0 aromatic carbocycles. The highest BCUT2D eigenvalue weighted by Gasteiger charge is 2.28. The van der Waals surface area contributed by atoms with Crippen molar-refractivity contribution in [1.82, 2.24) is 10.2 Å². The summed E-state index contributed by atoms with van der Waals surface area (Å²) in [6.45, 7) is 4.24. The Morgan fingerprint density at radius 3 is 2.63 bits per heavy atom. The van der Waals surface area contributed by atoms with E-state index in [4.69, 9.17) is 0 Å². The van der Waals surface area contributed by atoms with Gasteiger partial charge in [-0.3, -0.25) is 9.59 Å². The van der Waals surface area contributed by atoms with Crippen molar-refractivity contribution < 1.29 is 9.59 Å². The van der Waals surface area contributed by atoms with Crippen molar-refractivity contribution in [2.45, 2.75) is 45.2 Å². The van der Waals surface area contributed by atoms with Gasteiger partial charge >= 0.3 is 0 Å². The minimum atomic E-state index is -0.166. The molecular formula is C14H20N2O2S. The first-order valence-electron chi connectivity index (χ1n) is 6.72. The van der Waals surface area contributed by atoms with Gasteiger partial charge in [0.2, 0.25) is 5.91 Å². The molecule has 0 radical (unpaired) electrons. The molecule has 0 bridgehead atoms. The van der Waals surface area contributed by atoms with E-state index < -0.39 is 0 Å². The molecule has 0 spiro atoms. The number of piperidine rings is 1. The van der Waals surface area contributed by atoms with Gasteiger partial charge < -0.3 is 10.2 Å². The summed E-state index contributed by atoms with van der Waals surface area (Å²) in [7, 11) is 0. The molecule has 1 fully saturated rings. The van der Waals surface area contributed by atoms with E-state index in [1.807, 2.05) is 16.3 Å². The van der Waals surface area contributed by atoms with Crippen molar-refractivity contribution >= 4 is 23.2 Å². The number of hydrogen-bond donors (Lipinski definition) is 1. The summed E-state index contributed by atoms with van der Waals surface area (Å²) in [5.41, 5.74) is 0. The van der Waals surface area contributed by atoms with Gasteiger partial charge in [0.1, 0.15) is 0 Å². The Hall–Kier alpha value is -1.36. The molecule has 1 aliphatic heterocycles. The molecule has 2 rings (SSSR count). The molecule has 0 saturated carbocycles. The molecule has 1 N–H and O–H groups in total. The molecule has 1 aliphatic rings. The number of carbonyl (C=O) groups is 2. The highest BCUT2D eigenvalue weighted by atomic mass is 32.1. The molecule has 2 atom stereocenters. The van der Waals surface area contributed by atoms with E-state index in [1.165, 1.54) is 17.8 Å². The molecule has 4 nitrogen and oxygen atoms in total. The molecule has 2 amide bonds. The highest BCUT2D eigenvalue weighted by molar-refractivity contribution is 7.12. The van der Waals surface area contributed by atoms with Gasteiger partial charge in [0, 0.05) is 12.1 Å². The number of nitrogens with one attached hydrogen (secondary N) is 1. The summed E-state index contributed by atoms with van der Waals surface area (Å²) in [5.74, 6) is -0.148.